The number of aliphatic imine (C=N–C) groups is 2. The molecule has 1 aliphatic heterocycles. The largest absolute Gasteiger partial charge is 0.507 e. The summed E-state index contributed by atoms with van der Waals surface area (Å²) in [7, 11) is 0. The normalized spacial score (nSPS) is 18.8. The third-order valence-electron chi connectivity index (χ3n) is 11.1. The van der Waals surface area contributed by atoms with Crippen LogP contribution in [0.4, 0.5) is 0 Å². The Balaban J connectivity index is 1.26. The Kier molecular flexibility index (Phi) is 11.8. The van der Waals surface area contributed by atoms with Gasteiger partial charge in [-0.25, -0.2) is 0 Å². The molecule has 1 heterocycles. The van der Waals surface area contributed by atoms with E-state index in [2.05, 4.69) is 35.4 Å². The van der Waals surface area contributed by atoms with Crippen LogP contribution in [0.3, 0.4) is 0 Å². The third kappa shape index (κ3) is 7.81. The van der Waals surface area contributed by atoms with Gasteiger partial charge in [0.15, 0.2) is 23.0 Å². The lowest BCUT2D eigenvalue weighted by molar-refractivity contribution is 0.0966. The van der Waals surface area contributed by atoms with Gasteiger partial charge >= 0.3 is 0 Å². The number of nitrogens with zero attached hydrogens (tertiary/aromatic N) is 2. The van der Waals surface area contributed by atoms with Crippen LogP contribution in [-0.2, 0) is 25.8 Å². The summed E-state index contributed by atoms with van der Waals surface area (Å²) in [5, 5.41) is 67.7. The van der Waals surface area contributed by atoms with Gasteiger partial charge in [0.2, 0.25) is 0 Å². The first-order valence-electron chi connectivity index (χ1n) is 18.6. The van der Waals surface area contributed by atoms with Crippen molar-refractivity contribution in [1.29, 1.82) is 0 Å². The lowest BCUT2D eigenvalue weighted by atomic mass is 9.63. The summed E-state index contributed by atoms with van der Waals surface area (Å²) < 4.78 is 0. The number of aliphatic hydroxyl groups is 1. The van der Waals surface area contributed by atoms with Gasteiger partial charge in [0, 0.05) is 36.9 Å². The standard InChI is InChI=1S/C43H51N3O6/c1-2-3-4-8-30-21-28(12-16-31(30)23-44-26-43(39-24-45-27-46-39)20-6-5-9-32(43)25-47)14-18-35-33(17-13-29-15-19-36(48)38(50)22-29)34-10-7-11-37(49)40(34)42(52)41(35)51/h7,10-13,15-17,19,21-22,24,32,44,47-52H,2-6,8-9,14,18,20,23,25-27H2,1H3/b17-13+/t32-,43-/m1/s1. The molecule has 0 aromatic heterocycles. The highest BCUT2D eigenvalue weighted by Crippen LogP contribution is 2.46. The molecule has 2 aliphatic rings. The van der Waals surface area contributed by atoms with Crippen molar-refractivity contribution >= 4 is 34.9 Å². The van der Waals surface area contributed by atoms with Crippen LogP contribution in [0.2, 0.25) is 0 Å². The average molecular weight is 706 g/mol. The summed E-state index contributed by atoms with van der Waals surface area (Å²) in [4.78, 5) is 9.12. The minimum absolute atomic E-state index is 0.139. The number of aliphatic hydroxyl groups excluding tert-OH is 1. The molecule has 274 valence electrons. The van der Waals surface area contributed by atoms with Crippen molar-refractivity contribution in [2.45, 2.75) is 77.7 Å². The van der Waals surface area contributed by atoms with Gasteiger partial charge in [-0.2, -0.15) is 0 Å². The van der Waals surface area contributed by atoms with Crippen LogP contribution in [-0.4, -0.2) is 62.4 Å². The van der Waals surface area contributed by atoms with E-state index in [-0.39, 0.29) is 52.1 Å². The summed E-state index contributed by atoms with van der Waals surface area (Å²) in [5.74, 6) is -1.08. The number of benzene rings is 4. The Labute approximate surface area is 305 Å². The van der Waals surface area contributed by atoms with Crippen molar-refractivity contribution in [3.63, 3.8) is 0 Å². The average Bonchev–Trinajstić information content (AvgIpc) is 3.70. The molecule has 0 spiro atoms. The topological polar surface area (TPSA) is 158 Å². The molecule has 4 aromatic rings. The molecule has 7 N–H and O–H groups in total. The summed E-state index contributed by atoms with van der Waals surface area (Å²) in [6.45, 7) is 4.26. The smallest absolute Gasteiger partial charge is 0.169 e. The number of phenols is 5. The number of rotatable bonds is 15. The predicted molar refractivity (Wildman–Crippen MR) is 209 cm³/mol. The molecule has 1 saturated carbocycles. The molecule has 0 bridgehead atoms. The Hall–Kier alpha value is -4.86. The highest BCUT2D eigenvalue weighted by Gasteiger charge is 2.44. The summed E-state index contributed by atoms with van der Waals surface area (Å²) in [6.07, 6.45) is 15.0. The maximum absolute atomic E-state index is 11.3. The van der Waals surface area contributed by atoms with E-state index in [1.807, 2.05) is 6.21 Å². The van der Waals surface area contributed by atoms with E-state index in [1.54, 1.807) is 30.4 Å². The van der Waals surface area contributed by atoms with E-state index in [0.29, 0.717) is 48.1 Å². The Morgan fingerprint density at radius 3 is 2.48 bits per heavy atom. The molecule has 0 amide bonds. The van der Waals surface area contributed by atoms with Crippen LogP contribution >= 0.6 is 0 Å². The van der Waals surface area contributed by atoms with Gasteiger partial charge in [-0.1, -0.05) is 81.2 Å². The Morgan fingerprint density at radius 2 is 1.71 bits per heavy atom. The maximum atomic E-state index is 11.3. The van der Waals surface area contributed by atoms with E-state index >= 15 is 0 Å². The van der Waals surface area contributed by atoms with Crippen molar-refractivity contribution in [2.24, 2.45) is 21.3 Å². The SMILES string of the molecule is CCCCCc1cc(CCc2c(O)c(O)c3c(O)cccc3c2/C=C/c2ccc(O)c(O)c2)ccc1CNC[C@]1(C2=NCN=C2)CCCC[C@@H]1CO. The molecule has 52 heavy (non-hydrogen) atoms. The monoisotopic (exact) mass is 705 g/mol. The number of fused-ring (bicyclic) bond motifs is 1. The Morgan fingerprint density at radius 1 is 0.846 bits per heavy atom. The van der Waals surface area contributed by atoms with Crippen molar-refractivity contribution in [3.8, 4) is 28.7 Å². The quantitative estimate of drug-likeness (QED) is 0.0378. The number of phenolic OH excluding ortho intramolecular Hbond substituents is 5. The van der Waals surface area contributed by atoms with Crippen molar-refractivity contribution < 1.29 is 30.6 Å². The first-order chi connectivity index (χ1) is 25.3. The van der Waals surface area contributed by atoms with E-state index in [1.165, 1.54) is 29.3 Å². The van der Waals surface area contributed by atoms with Crippen LogP contribution in [0, 0.1) is 11.3 Å². The van der Waals surface area contributed by atoms with E-state index < -0.39 is 0 Å². The minimum atomic E-state index is -0.363. The number of aryl methyl sites for hydroxylation is 2. The molecule has 0 unspecified atom stereocenters. The Bertz CT molecular complexity index is 1990. The molecule has 0 saturated heterocycles. The minimum Gasteiger partial charge on any atom is -0.507 e. The van der Waals surface area contributed by atoms with E-state index in [4.69, 9.17) is 4.99 Å². The first-order valence-corrected chi connectivity index (χ1v) is 18.6. The summed E-state index contributed by atoms with van der Waals surface area (Å²) in [5.41, 5.74) is 6.28. The van der Waals surface area contributed by atoms with E-state index in [9.17, 15) is 30.6 Å². The fraction of sp³-hybridized carbons (Fsp3) is 0.395. The fourth-order valence-electron chi connectivity index (χ4n) is 8.14. The number of aromatic hydroxyl groups is 5. The molecular formula is C43H51N3O6. The molecule has 4 aromatic carbocycles. The molecule has 1 aliphatic carbocycles. The zero-order valence-electron chi connectivity index (χ0n) is 30.0. The molecule has 9 heteroatoms. The van der Waals surface area contributed by atoms with Gasteiger partial charge < -0.3 is 36.0 Å². The van der Waals surface area contributed by atoms with Crippen molar-refractivity contribution in [1.82, 2.24) is 5.32 Å². The van der Waals surface area contributed by atoms with Gasteiger partial charge in [0.25, 0.3) is 0 Å². The van der Waals surface area contributed by atoms with Crippen LogP contribution in [0.1, 0.15) is 85.3 Å². The zero-order valence-corrected chi connectivity index (χ0v) is 30.0. The van der Waals surface area contributed by atoms with Gasteiger partial charge in [-0.05, 0) is 95.8 Å². The molecule has 0 radical (unpaired) electrons. The zero-order chi connectivity index (χ0) is 36.7. The van der Waals surface area contributed by atoms with Crippen molar-refractivity contribution in [2.75, 3.05) is 19.8 Å². The number of hydrogen-bond donors (Lipinski definition) is 7. The van der Waals surface area contributed by atoms with Crippen LogP contribution in [0.25, 0.3) is 22.9 Å². The maximum Gasteiger partial charge on any atom is 0.169 e. The van der Waals surface area contributed by atoms with E-state index in [0.717, 1.165) is 69.2 Å². The van der Waals surface area contributed by atoms with Gasteiger partial charge in [0.05, 0.1) is 11.1 Å². The number of hydrogen-bond acceptors (Lipinski definition) is 9. The van der Waals surface area contributed by atoms with Gasteiger partial charge in [-0.15, -0.1) is 0 Å². The van der Waals surface area contributed by atoms with Crippen LogP contribution in [0.5, 0.6) is 28.7 Å². The molecule has 1 fully saturated rings. The van der Waals surface area contributed by atoms with Gasteiger partial charge in [0.1, 0.15) is 12.4 Å². The van der Waals surface area contributed by atoms with Crippen LogP contribution in [0.15, 0.2) is 64.6 Å². The molecule has 9 nitrogen and oxygen atoms in total. The summed E-state index contributed by atoms with van der Waals surface area (Å²) >= 11 is 0. The fourth-order valence-corrected chi connectivity index (χ4v) is 8.14. The third-order valence-corrected chi connectivity index (χ3v) is 11.1. The lowest BCUT2D eigenvalue weighted by Crippen LogP contribution is -2.49. The highest BCUT2D eigenvalue weighted by molar-refractivity contribution is 6.34. The second-order valence-corrected chi connectivity index (χ2v) is 14.3. The first kappa shape index (κ1) is 36.9. The summed E-state index contributed by atoms with van der Waals surface area (Å²) in [6, 6.07) is 16.1. The van der Waals surface area contributed by atoms with Gasteiger partial charge in [-0.3, -0.25) is 9.98 Å². The predicted octanol–water partition coefficient (Wildman–Crippen LogP) is 7.80. The molecular weight excluding hydrogens is 654 g/mol. The molecule has 6 rings (SSSR count). The number of unbranched alkanes of at least 4 members (excludes halogenated alkanes) is 2. The second kappa shape index (κ2) is 16.7. The van der Waals surface area contributed by atoms with Crippen molar-refractivity contribution in [3.05, 3.63) is 88.0 Å². The second-order valence-electron chi connectivity index (χ2n) is 14.3. The lowest BCUT2D eigenvalue weighted by Gasteiger charge is -2.43. The number of nitrogens with one attached hydrogen (secondary N) is 1. The highest BCUT2D eigenvalue weighted by atomic mass is 16.3. The van der Waals surface area contributed by atoms with Crippen LogP contribution < -0.4 is 5.32 Å². The molecule has 2 atom stereocenters.